The molecular formula is C9H17Cl2NO3. The molecule has 0 aliphatic heterocycles. The third-order valence-electron chi connectivity index (χ3n) is 1.73. The third-order valence-corrected chi connectivity index (χ3v) is 2.07. The van der Waals surface area contributed by atoms with Crippen LogP contribution in [0.25, 0.3) is 0 Å². The topological polar surface area (TPSA) is 38.8 Å². The molecule has 0 bridgehead atoms. The third kappa shape index (κ3) is 8.93. The molecule has 0 amide bonds. The molecule has 0 saturated carbocycles. The standard InChI is InChI=1S/C9H17Cl2NO3/c1-14-8-9(13)15-7-6-12(4-2-10)5-3-11/h2-8H2,1H3. The zero-order valence-corrected chi connectivity index (χ0v) is 10.4. The Morgan fingerprint density at radius 2 is 1.80 bits per heavy atom. The SMILES string of the molecule is COCC(=O)OCCN(CCCl)CCCl. The molecule has 0 atom stereocenters. The number of ether oxygens (including phenoxy) is 2. The molecule has 0 N–H and O–H groups in total. The van der Waals surface area contributed by atoms with Gasteiger partial charge in [0, 0.05) is 38.5 Å². The van der Waals surface area contributed by atoms with Crippen LogP contribution in [0.1, 0.15) is 0 Å². The van der Waals surface area contributed by atoms with Crippen molar-refractivity contribution < 1.29 is 14.3 Å². The van der Waals surface area contributed by atoms with Crippen molar-refractivity contribution in [2.45, 2.75) is 0 Å². The highest BCUT2D eigenvalue weighted by Gasteiger charge is 2.05. The average Bonchev–Trinajstić information content (AvgIpc) is 2.19. The highest BCUT2D eigenvalue weighted by atomic mass is 35.5. The predicted octanol–water partition coefficient (Wildman–Crippen LogP) is 0.956. The lowest BCUT2D eigenvalue weighted by Gasteiger charge is -2.19. The van der Waals surface area contributed by atoms with Crippen LogP contribution in [-0.4, -0.2) is 62.6 Å². The van der Waals surface area contributed by atoms with E-state index in [9.17, 15) is 4.79 Å². The van der Waals surface area contributed by atoms with Crippen LogP contribution in [0, 0.1) is 0 Å². The van der Waals surface area contributed by atoms with Crippen LogP contribution in [0.2, 0.25) is 0 Å². The van der Waals surface area contributed by atoms with E-state index in [1.165, 1.54) is 7.11 Å². The van der Waals surface area contributed by atoms with Gasteiger partial charge < -0.3 is 9.47 Å². The van der Waals surface area contributed by atoms with E-state index in [0.29, 0.717) is 24.9 Å². The molecule has 0 heterocycles. The van der Waals surface area contributed by atoms with E-state index in [4.69, 9.17) is 27.9 Å². The maximum atomic E-state index is 10.9. The average molecular weight is 258 g/mol. The first-order chi connectivity index (χ1) is 7.24. The molecule has 0 aromatic carbocycles. The lowest BCUT2D eigenvalue weighted by Crippen LogP contribution is -2.32. The van der Waals surface area contributed by atoms with Gasteiger partial charge in [-0.2, -0.15) is 0 Å². The van der Waals surface area contributed by atoms with Crippen LogP contribution in [-0.2, 0) is 14.3 Å². The quantitative estimate of drug-likeness (QED) is 0.456. The molecule has 0 fully saturated rings. The molecule has 0 aliphatic carbocycles. The summed E-state index contributed by atoms with van der Waals surface area (Å²) in [5.41, 5.74) is 0. The Morgan fingerprint density at radius 1 is 1.20 bits per heavy atom. The summed E-state index contributed by atoms with van der Waals surface area (Å²) in [6.07, 6.45) is 0. The summed E-state index contributed by atoms with van der Waals surface area (Å²) >= 11 is 11.2. The van der Waals surface area contributed by atoms with Crippen LogP contribution in [0.5, 0.6) is 0 Å². The Morgan fingerprint density at radius 3 is 2.27 bits per heavy atom. The zero-order valence-electron chi connectivity index (χ0n) is 8.88. The first-order valence-electron chi connectivity index (χ1n) is 4.73. The molecule has 15 heavy (non-hydrogen) atoms. The summed E-state index contributed by atoms with van der Waals surface area (Å²) in [6, 6.07) is 0. The van der Waals surface area contributed by atoms with Crippen LogP contribution in [0.3, 0.4) is 0 Å². The minimum Gasteiger partial charge on any atom is -0.463 e. The summed E-state index contributed by atoms with van der Waals surface area (Å²) in [5.74, 6) is 0.737. The van der Waals surface area contributed by atoms with E-state index in [1.54, 1.807) is 0 Å². The Bertz CT molecular complexity index is 163. The summed E-state index contributed by atoms with van der Waals surface area (Å²) in [7, 11) is 1.45. The number of carbonyl (C=O) groups is 1. The maximum Gasteiger partial charge on any atom is 0.332 e. The Hall–Kier alpha value is -0.0300. The second-order valence-electron chi connectivity index (χ2n) is 2.87. The van der Waals surface area contributed by atoms with Gasteiger partial charge in [-0.15, -0.1) is 23.2 Å². The summed E-state index contributed by atoms with van der Waals surface area (Å²) < 4.78 is 9.54. The minimum absolute atomic E-state index is 0.00892. The molecule has 0 aromatic rings. The maximum absolute atomic E-state index is 10.9. The fraction of sp³-hybridized carbons (Fsp3) is 0.889. The van der Waals surface area contributed by atoms with Gasteiger partial charge in [-0.25, -0.2) is 4.79 Å². The Kier molecular flexibility index (Phi) is 10.5. The van der Waals surface area contributed by atoms with E-state index < -0.39 is 0 Å². The lowest BCUT2D eigenvalue weighted by atomic mass is 10.5. The van der Waals surface area contributed by atoms with Crippen molar-refractivity contribution in [2.75, 3.05) is 51.7 Å². The molecular weight excluding hydrogens is 241 g/mol. The van der Waals surface area contributed by atoms with Crippen molar-refractivity contribution >= 4 is 29.2 Å². The van der Waals surface area contributed by atoms with E-state index in [1.807, 2.05) is 4.90 Å². The van der Waals surface area contributed by atoms with Gasteiger partial charge in [0.25, 0.3) is 0 Å². The second-order valence-corrected chi connectivity index (χ2v) is 3.63. The smallest absolute Gasteiger partial charge is 0.332 e. The Labute approximate surface area is 100 Å². The minimum atomic E-state index is -0.353. The van der Waals surface area contributed by atoms with Crippen LogP contribution in [0.4, 0.5) is 0 Å². The fourth-order valence-electron chi connectivity index (χ4n) is 1.02. The number of methoxy groups -OCH3 is 1. The van der Waals surface area contributed by atoms with E-state index in [-0.39, 0.29) is 12.6 Å². The number of hydrogen-bond acceptors (Lipinski definition) is 4. The molecule has 0 radical (unpaired) electrons. The van der Waals surface area contributed by atoms with Gasteiger partial charge in [-0.1, -0.05) is 0 Å². The molecule has 0 aromatic heterocycles. The summed E-state index contributed by atoms with van der Waals surface area (Å²) in [6.45, 7) is 2.47. The van der Waals surface area contributed by atoms with Gasteiger partial charge in [0.15, 0.2) is 0 Å². The number of halogens is 2. The number of rotatable bonds is 9. The largest absolute Gasteiger partial charge is 0.463 e. The van der Waals surface area contributed by atoms with Gasteiger partial charge in [0.2, 0.25) is 0 Å². The summed E-state index contributed by atoms with van der Waals surface area (Å²) in [5, 5.41) is 0. The van der Waals surface area contributed by atoms with Crippen molar-refractivity contribution in [1.29, 1.82) is 0 Å². The van der Waals surface area contributed by atoms with Crippen molar-refractivity contribution in [2.24, 2.45) is 0 Å². The number of alkyl halides is 2. The molecule has 4 nitrogen and oxygen atoms in total. The molecule has 6 heteroatoms. The van der Waals surface area contributed by atoms with Crippen LogP contribution in [0.15, 0.2) is 0 Å². The Balaban J connectivity index is 3.55. The highest BCUT2D eigenvalue weighted by Crippen LogP contribution is 1.92. The number of carbonyl (C=O) groups excluding carboxylic acids is 1. The van der Waals surface area contributed by atoms with Gasteiger partial charge in [0.05, 0.1) is 0 Å². The van der Waals surface area contributed by atoms with Gasteiger partial charge in [0.1, 0.15) is 13.2 Å². The molecule has 0 aliphatic rings. The number of esters is 1. The van der Waals surface area contributed by atoms with Crippen molar-refractivity contribution in [3.8, 4) is 0 Å². The highest BCUT2D eigenvalue weighted by molar-refractivity contribution is 6.18. The molecule has 0 spiro atoms. The number of nitrogens with zero attached hydrogens (tertiary/aromatic N) is 1. The zero-order chi connectivity index (χ0) is 11.5. The molecule has 90 valence electrons. The lowest BCUT2D eigenvalue weighted by molar-refractivity contribution is -0.148. The van der Waals surface area contributed by atoms with Gasteiger partial charge >= 0.3 is 5.97 Å². The first kappa shape index (κ1) is 15.0. The normalized spacial score (nSPS) is 10.7. The monoisotopic (exact) mass is 257 g/mol. The first-order valence-corrected chi connectivity index (χ1v) is 5.80. The van der Waals surface area contributed by atoms with Crippen LogP contribution >= 0.6 is 23.2 Å². The summed E-state index contributed by atoms with van der Waals surface area (Å²) in [4.78, 5) is 13.0. The van der Waals surface area contributed by atoms with Gasteiger partial charge in [-0.05, 0) is 0 Å². The number of hydrogen-bond donors (Lipinski definition) is 0. The van der Waals surface area contributed by atoms with Crippen LogP contribution < -0.4 is 0 Å². The van der Waals surface area contributed by atoms with Crippen molar-refractivity contribution in [3.63, 3.8) is 0 Å². The van der Waals surface area contributed by atoms with E-state index in [0.717, 1.165) is 13.1 Å². The van der Waals surface area contributed by atoms with Crippen molar-refractivity contribution in [3.05, 3.63) is 0 Å². The van der Waals surface area contributed by atoms with E-state index in [2.05, 4.69) is 4.74 Å². The molecule has 0 saturated heterocycles. The van der Waals surface area contributed by atoms with E-state index >= 15 is 0 Å². The van der Waals surface area contributed by atoms with Gasteiger partial charge in [-0.3, -0.25) is 4.90 Å². The fourth-order valence-corrected chi connectivity index (χ4v) is 1.50. The second kappa shape index (κ2) is 10.5. The molecule has 0 rings (SSSR count). The van der Waals surface area contributed by atoms with Crippen molar-refractivity contribution in [1.82, 2.24) is 4.90 Å². The molecule has 0 unspecified atom stereocenters. The predicted molar refractivity (Wildman–Crippen MR) is 60.7 cm³/mol.